The lowest BCUT2D eigenvalue weighted by Crippen LogP contribution is -2.31. The second-order valence-electron chi connectivity index (χ2n) is 5.92. The highest BCUT2D eigenvalue weighted by Crippen LogP contribution is 2.21. The van der Waals surface area contributed by atoms with E-state index in [-0.39, 0.29) is 18.2 Å². The van der Waals surface area contributed by atoms with E-state index in [0.29, 0.717) is 18.4 Å². The summed E-state index contributed by atoms with van der Waals surface area (Å²) in [6.45, 7) is 0.0351. The molecule has 0 aromatic heterocycles. The van der Waals surface area contributed by atoms with Gasteiger partial charge in [-0.25, -0.2) is 9.18 Å². The molecular weight excluding hydrogens is 323 g/mol. The van der Waals surface area contributed by atoms with Crippen molar-refractivity contribution >= 4 is 11.9 Å². The fraction of sp³-hybridized carbons (Fsp3) is 0.263. The molecule has 130 valence electrons. The van der Waals surface area contributed by atoms with Crippen LogP contribution in [0.25, 0.3) is 0 Å². The lowest BCUT2D eigenvalue weighted by molar-refractivity contribution is -0.128. The van der Waals surface area contributed by atoms with E-state index >= 15 is 0 Å². The van der Waals surface area contributed by atoms with Crippen molar-refractivity contribution in [2.75, 3.05) is 7.11 Å². The number of benzene rings is 2. The average molecular weight is 342 g/mol. The molecule has 1 unspecified atom stereocenters. The topological polar surface area (TPSA) is 58.6 Å². The third-order valence-corrected chi connectivity index (χ3v) is 4.23. The molecule has 0 spiro atoms. The molecule has 1 aliphatic heterocycles. The summed E-state index contributed by atoms with van der Waals surface area (Å²) in [4.78, 5) is 25.7. The molecule has 0 saturated carbocycles. The van der Waals surface area contributed by atoms with Crippen LogP contribution in [0.15, 0.2) is 48.5 Å². The summed E-state index contributed by atoms with van der Waals surface area (Å²) in [5.41, 5.74) is 1.64. The van der Waals surface area contributed by atoms with Gasteiger partial charge in [0.1, 0.15) is 6.04 Å². The van der Waals surface area contributed by atoms with Crippen LogP contribution in [-0.4, -0.2) is 30.0 Å². The maximum Gasteiger partial charge on any atom is 0.325 e. The predicted molar refractivity (Wildman–Crippen MR) is 90.6 cm³/mol. The van der Waals surface area contributed by atoms with Crippen LogP contribution in [0.4, 0.5) is 9.18 Å². The summed E-state index contributed by atoms with van der Waals surface area (Å²) in [5.74, 6) is -0.675. The molecule has 3 rings (SSSR count). The molecule has 5 nitrogen and oxygen atoms in total. The molecule has 25 heavy (non-hydrogen) atoms. The van der Waals surface area contributed by atoms with E-state index in [1.54, 1.807) is 6.07 Å². The van der Waals surface area contributed by atoms with Crippen LogP contribution in [-0.2, 0) is 17.8 Å². The normalized spacial score (nSPS) is 16.9. The Kier molecular flexibility index (Phi) is 4.97. The molecule has 1 aliphatic rings. The Balaban J connectivity index is 1.64. The van der Waals surface area contributed by atoms with Gasteiger partial charge < -0.3 is 10.1 Å². The Morgan fingerprint density at radius 2 is 1.88 bits per heavy atom. The van der Waals surface area contributed by atoms with E-state index in [2.05, 4.69) is 5.32 Å². The first-order valence-electron chi connectivity index (χ1n) is 8.06. The molecule has 3 amide bonds. The molecule has 6 heteroatoms. The number of imide groups is 1. The van der Waals surface area contributed by atoms with Crippen molar-refractivity contribution in [1.82, 2.24) is 10.2 Å². The molecule has 2 aromatic carbocycles. The number of aryl methyl sites for hydroxylation is 1. The number of urea groups is 1. The van der Waals surface area contributed by atoms with Gasteiger partial charge >= 0.3 is 6.03 Å². The molecule has 1 saturated heterocycles. The number of rotatable bonds is 6. The molecule has 0 bridgehead atoms. The molecule has 0 aliphatic carbocycles. The zero-order chi connectivity index (χ0) is 17.8. The highest BCUT2D eigenvalue weighted by Gasteiger charge is 2.37. The number of hydrogen-bond donors (Lipinski definition) is 1. The maximum atomic E-state index is 13.8. The largest absolute Gasteiger partial charge is 0.494 e. The van der Waals surface area contributed by atoms with Gasteiger partial charge in [0.05, 0.1) is 13.7 Å². The zero-order valence-corrected chi connectivity index (χ0v) is 13.9. The maximum absolute atomic E-state index is 13.8. The molecule has 1 N–H and O–H groups in total. The third kappa shape index (κ3) is 3.79. The standard InChI is InChI=1S/C19H19FN2O3/c1-25-17-10-8-14(11-15(17)20)12-22-18(23)16(21-19(22)24)9-7-13-5-3-2-4-6-13/h2-6,8,10-11,16H,7,9,12H2,1H3,(H,21,24). The van der Waals surface area contributed by atoms with Crippen LogP contribution in [0.2, 0.25) is 0 Å². The number of carbonyl (C=O) groups is 2. The number of nitrogens with zero attached hydrogens (tertiary/aromatic N) is 1. The Morgan fingerprint density at radius 3 is 2.56 bits per heavy atom. The highest BCUT2D eigenvalue weighted by molar-refractivity contribution is 6.04. The van der Waals surface area contributed by atoms with Gasteiger partial charge in [0.2, 0.25) is 0 Å². The smallest absolute Gasteiger partial charge is 0.325 e. The van der Waals surface area contributed by atoms with Crippen molar-refractivity contribution in [3.8, 4) is 5.75 Å². The second kappa shape index (κ2) is 7.34. The molecule has 1 atom stereocenters. The van der Waals surface area contributed by atoms with Gasteiger partial charge in [-0.2, -0.15) is 0 Å². The molecule has 1 fully saturated rings. The van der Waals surface area contributed by atoms with E-state index in [4.69, 9.17) is 4.74 Å². The number of methoxy groups -OCH3 is 1. The van der Waals surface area contributed by atoms with Crippen LogP contribution in [0, 0.1) is 5.82 Å². The Labute approximate surface area is 145 Å². The van der Waals surface area contributed by atoms with Gasteiger partial charge in [0.25, 0.3) is 5.91 Å². The second-order valence-corrected chi connectivity index (χ2v) is 5.92. The summed E-state index contributed by atoms with van der Waals surface area (Å²) in [5, 5.41) is 2.70. The molecular formula is C19H19FN2O3. The first-order valence-corrected chi connectivity index (χ1v) is 8.06. The minimum Gasteiger partial charge on any atom is -0.494 e. The minimum atomic E-state index is -0.546. The Morgan fingerprint density at radius 1 is 1.12 bits per heavy atom. The van der Waals surface area contributed by atoms with Crippen molar-refractivity contribution in [2.24, 2.45) is 0 Å². The van der Waals surface area contributed by atoms with Crippen LogP contribution in [0.1, 0.15) is 17.5 Å². The minimum absolute atomic E-state index is 0.0351. The number of amides is 3. The number of hydrogen-bond acceptors (Lipinski definition) is 3. The van der Waals surface area contributed by atoms with Crippen molar-refractivity contribution in [1.29, 1.82) is 0 Å². The first kappa shape index (κ1) is 17.0. The fourth-order valence-electron chi connectivity index (χ4n) is 2.87. The summed E-state index contributed by atoms with van der Waals surface area (Å²) < 4.78 is 18.6. The van der Waals surface area contributed by atoms with Crippen LogP contribution in [0.5, 0.6) is 5.75 Å². The van der Waals surface area contributed by atoms with Gasteiger partial charge in [-0.05, 0) is 36.1 Å². The number of ether oxygens (including phenoxy) is 1. The number of halogens is 1. The summed E-state index contributed by atoms with van der Waals surface area (Å²) in [6.07, 6.45) is 1.23. The molecule has 0 radical (unpaired) electrons. The molecule has 2 aromatic rings. The van der Waals surface area contributed by atoms with Gasteiger partial charge in [-0.1, -0.05) is 36.4 Å². The predicted octanol–water partition coefficient (Wildman–Crippen LogP) is 2.89. The number of nitrogens with one attached hydrogen (secondary N) is 1. The Bertz CT molecular complexity index is 779. The van der Waals surface area contributed by atoms with Gasteiger partial charge in [0.15, 0.2) is 11.6 Å². The van der Waals surface area contributed by atoms with Gasteiger partial charge in [-0.3, -0.25) is 9.69 Å². The highest BCUT2D eigenvalue weighted by atomic mass is 19.1. The van der Waals surface area contributed by atoms with E-state index in [1.165, 1.54) is 19.2 Å². The monoisotopic (exact) mass is 342 g/mol. The van der Waals surface area contributed by atoms with Crippen molar-refractivity contribution in [3.63, 3.8) is 0 Å². The average Bonchev–Trinajstić information content (AvgIpc) is 2.88. The van der Waals surface area contributed by atoms with Crippen LogP contribution >= 0.6 is 0 Å². The summed E-state index contributed by atoms with van der Waals surface area (Å²) in [7, 11) is 1.38. The zero-order valence-electron chi connectivity index (χ0n) is 13.9. The van der Waals surface area contributed by atoms with Crippen molar-refractivity contribution in [3.05, 3.63) is 65.5 Å². The van der Waals surface area contributed by atoms with Crippen molar-refractivity contribution in [2.45, 2.75) is 25.4 Å². The SMILES string of the molecule is COc1ccc(CN2C(=O)NC(CCc3ccccc3)C2=O)cc1F. The lowest BCUT2D eigenvalue weighted by atomic mass is 10.1. The van der Waals surface area contributed by atoms with E-state index in [0.717, 1.165) is 10.5 Å². The number of carbonyl (C=O) groups excluding carboxylic acids is 2. The van der Waals surface area contributed by atoms with Crippen LogP contribution < -0.4 is 10.1 Å². The molecule has 1 heterocycles. The van der Waals surface area contributed by atoms with Gasteiger partial charge in [-0.15, -0.1) is 0 Å². The van der Waals surface area contributed by atoms with E-state index in [9.17, 15) is 14.0 Å². The van der Waals surface area contributed by atoms with E-state index < -0.39 is 17.9 Å². The van der Waals surface area contributed by atoms with Gasteiger partial charge in [0, 0.05) is 0 Å². The van der Waals surface area contributed by atoms with Crippen molar-refractivity contribution < 1.29 is 18.7 Å². The third-order valence-electron chi connectivity index (χ3n) is 4.23. The Hall–Kier alpha value is -2.89. The first-order chi connectivity index (χ1) is 12.1. The van der Waals surface area contributed by atoms with Crippen LogP contribution in [0.3, 0.4) is 0 Å². The lowest BCUT2D eigenvalue weighted by Gasteiger charge is -2.14. The van der Waals surface area contributed by atoms with E-state index in [1.807, 2.05) is 30.3 Å². The fourth-order valence-corrected chi connectivity index (χ4v) is 2.87. The summed E-state index contributed by atoms with van der Waals surface area (Å²) in [6, 6.07) is 13.2. The quantitative estimate of drug-likeness (QED) is 0.821. The summed E-state index contributed by atoms with van der Waals surface area (Å²) >= 11 is 0.